The molecule has 0 fully saturated rings. The van der Waals surface area contributed by atoms with Crippen molar-refractivity contribution in [1.82, 2.24) is 5.32 Å². The zero-order valence-electron chi connectivity index (χ0n) is 10.9. The molecule has 2 aromatic carbocycles. The highest BCUT2D eigenvalue weighted by Gasteiger charge is 2.10. The predicted octanol–water partition coefficient (Wildman–Crippen LogP) is 2.73. The standard InChI is InChI=1S/C16H16ClNO2/c17-14-9-5-4-8-13(14)10-16(20)18-11-15(19)12-6-2-1-3-7-12/h1-9,15,19H,10-11H2,(H,18,20). The van der Waals surface area contributed by atoms with E-state index in [4.69, 9.17) is 11.6 Å². The summed E-state index contributed by atoms with van der Waals surface area (Å²) in [5.41, 5.74) is 1.56. The molecule has 4 heteroatoms. The first kappa shape index (κ1) is 14.6. The lowest BCUT2D eigenvalue weighted by molar-refractivity contribution is -0.120. The Bertz CT molecular complexity index is 572. The summed E-state index contributed by atoms with van der Waals surface area (Å²) < 4.78 is 0. The maximum Gasteiger partial charge on any atom is 0.224 e. The molecule has 2 N–H and O–H groups in total. The highest BCUT2D eigenvalue weighted by atomic mass is 35.5. The van der Waals surface area contributed by atoms with Gasteiger partial charge in [-0.2, -0.15) is 0 Å². The minimum absolute atomic E-state index is 0.159. The van der Waals surface area contributed by atoms with Gasteiger partial charge in [0, 0.05) is 11.6 Å². The molecule has 1 amide bonds. The smallest absolute Gasteiger partial charge is 0.224 e. The van der Waals surface area contributed by atoms with Gasteiger partial charge in [0.25, 0.3) is 0 Å². The molecule has 0 spiro atoms. The van der Waals surface area contributed by atoms with E-state index in [0.29, 0.717) is 5.02 Å². The Morgan fingerprint density at radius 2 is 1.75 bits per heavy atom. The Hall–Kier alpha value is -1.84. The van der Waals surface area contributed by atoms with Crippen LogP contribution in [-0.4, -0.2) is 17.6 Å². The largest absolute Gasteiger partial charge is 0.387 e. The number of nitrogens with one attached hydrogen (secondary N) is 1. The maximum absolute atomic E-state index is 11.8. The minimum Gasteiger partial charge on any atom is -0.387 e. The van der Waals surface area contributed by atoms with Gasteiger partial charge < -0.3 is 10.4 Å². The van der Waals surface area contributed by atoms with E-state index >= 15 is 0 Å². The molecule has 0 aliphatic carbocycles. The van der Waals surface area contributed by atoms with Crippen LogP contribution in [0.4, 0.5) is 0 Å². The van der Waals surface area contributed by atoms with Crippen LogP contribution in [0, 0.1) is 0 Å². The van der Waals surface area contributed by atoms with Crippen LogP contribution in [0.2, 0.25) is 5.02 Å². The third-order valence-corrected chi connectivity index (χ3v) is 3.35. The Balaban J connectivity index is 1.85. The van der Waals surface area contributed by atoms with Crippen molar-refractivity contribution in [3.8, 4) is 0 Å². The number of hydrogen-bond acceptors (Lipinski definition) is 2. The van der Waals surface area contributed by atoms with Gasteiger partial charge in [-0.15, -0.1) is 0 Å². The van der Waals surface area contributed by atoms with Gasteiger partial charge in [-0.05, 0) is 17.2 Å². The molecule has 0 heterocycles. The number of aliphatic hydroxyl groups excluding tert-OH is 1. The van der Waals surface area contributed by atoms with Crippen molar-refractivity contribution in [3.05, 3.63) is 70.7 Å². The number of aliphatic hydroxyl groups is 1. The van der Waals surface area contributed by atoms with Crippen LogP contribution in [-0.2, 0) is 11.2 Å². The summed E-state index contributed by atoms with van der Waals surface area (Å²) in [6.07, 6.45) is -0.493. The van der Waals surface area contributed by atoms with Gasteiger partial charge in [0.15, 0.2) is 0 Å². The first-order valence-corrected chi connectivity index (χ1v) is 6.77. The topological polar surface area (TPSA) is 49.3 Å². The summed E-state index contributed by atoms with van der Waals surface area (Å²) in [7, 11) is 0. The Morgan fingerprint density at radius 1 is 1.10 bits per heavy atom. The number of rotatable bonds is 5. The van der Waals surface area contributed by atoms with Crippen LogP contribution < -0.4 is 5.32 Å². The first-order chi connectivity index (χ1) is 9.66. The van der Waals surface area contributed by atoms with Crippen LogP contribution in [0.25, 0.3) is 0 Å². The normalized spacial score (nSPS) is 11.9. The number of amides is 1. The van der Waals surface area contributed by atoms with E-state index in [0.717, 1.165) is 11.1 Å². The van der Waals surface area contributed by atoms with E-state index in [9.17, 15) is 9.90 Å². The monoisotopic (exact) mass is 289 g/mol. The van der Waals surface area contributed by atoms with Crippen molar-refractivity contribution in [2.24, 2.45) is 0 Å². The third-order valence-electron chi connectivity index (χ3n) is 2.99. The van der Waals surface area contributed by atoms with E-state index < -0.39 is 6.10 Å². The van der Waals surface area contributed by atoms with E-state index in [2.05, 4.69) is 5.32 Å². The lowest BCUT2D eigenvalue weighted by atomic mass is 10.1. The Labute approximate surface area is 123 Å². The fraction of sp³-hybridized carbons (Fsp3) is 0.188. The van der Waals surface area contributed by atoms with Crippen molar-refractivity contribution < 1.29 is 9.90 Å². The fourth-order valence-electron chi connectivity index (χ4n) is 1.88. The number of hydrogen-bond donors (Lipinski definition) is 2. The van der Waals surface area contributed by atoms with Crippen LogP contribution in [0.1, 0.15) is 17.2 Å². The predicted molar refractivity (Wildman–Crippen MR) is 79.6 cm³/mol. The maximum atomic E-state index is 11.8. The minimum atomic E-state index is -0.702. The third kappa shape index (κ3) is 4.08. The molecule has 0 saturated heterocycles. The SMILES string of the molecule is O=C(Cc1ccccc1Cl)NCC(O)c1ccccc1. The van der Waals surface area contributed by atoms with Crippen molar-refractivity contribution in [3.63, 3.8) is 0 Å². The van der Waals surface area contributed by atoms with Gasteiger partial charge in [0.05, 0.1) is 12.5 Å². The Kier molecular flexibility index (Phi) is 5.16. The molecule has 0 aliphatic rings. The van der Waals surface area contributed by atoms with E-state index in [1.807, 2.05) is 48.5 Å². The molecule has 104 valence electrons. The van der Waals surface area contributed by atoms with Crippen molar-refractivity contribution in [2.45, 2.75) is 12.5 Å². The fourth-order valence-corrected chi connectivity index (χ4v) is 2.08. The van der Waals surface area contributed by atoms with Gasteiger partial charge in [-0.3, -0.25) is 4.79 Å². The van der Waals surface area contributed by atoms with Gasteiger partial charge in [-0.1, -0.05) is 60.1 Å². The summed E-state index contributed by atoms with van der Waals surface area (Å²) in [6, 6.07) is 16.5. The highest BCUT2D eigenvalue weighted by molar-refractivity contribution is 6.31. The summed E-state index contributed by atoms with van der Waals surface area (Å²) in [5, 5.41) is 13.2. The van der Waals surface area contributed by atoms with Gasteiger partial charge >= 0.3 is 0 Å². The van der Waals surface area contributed by atoms with E-state index in [1.54, 1.807) is 6.07 Å². The molecule has 0 saturated carbocycles. The van der Waals surface area contributed by atoms with Crippen LogP contribution >= 0.6 is 11.6 Å². The zero-order chi connectivity index (χ0) is 14.4. The lowest BCUT2D eigenvalue weighted by Crippen LogP contribution is -2.29. The lowest BCUT2D eigenvalue weighted by Gasteiger charge is -2.12. The van der Waals surface area contributed by atoms with Crippen LogP contribution in [0.5, 0.6) is 0 Å². The van der Waals surface area contributed by atoms with Crippen LogP contribution in [0.3, 0.4) is 0 Å². The molecule has 0 aromatic heterocycles. The molecule has 0 aliphatic heterocycles. The molecule has 1 atom stereocenters. The molecule has 20 heavy (non-hydrogen) atoms. The molecule has 2 rings (SSSR count). The highest BCUT2D eigenvalue weighted by Crippen LogP contribution is 2.15. The number of carbonyl (C=O) groups is 1. The molecule has 3 nitrogen and oxygen atoms in total. The summed E-state index contributed by atoms with van der Waals surface area (Å²) in [4.78, 5) is 11.8. The molecule has 0 bridgehead atoms. The summed E-state index contributed by atoms with van der Waals surface area (Å²) >= 11 is 6.00. The second kappa shape index (κ2) is 7.08. The van der Waals surface area contributed by atoms with Crippen molar-refractivity contribution in [2.75, 3.05) is 6.54 Å². The number of carbonyl (C=O) groups excluding carboxylic acids is 1. The van der Waals surface area contributed by atoms with Gasteiger partial charge in [-0.25, -0.2) is 0 Å². The average Bonchev–Trinajstić information content (AvgIpc) is 2.48. The molecular weight excluding hydrogens is 274 g/mol. The van der Waals surface area contributed by atoms with Gasteiger partial charge in [0.1, 0.15) is 0 Å². The zero-order valence-corrected chi connectivity index (χ0v) is 11.7. The Morgan fingerprint density at radius 3 is 2.45 bits per heavy atom. The molecular formula is C16H16ClNO2. The van der Waals surface area contributed by atoms with Gasteiger partial charge in [0.2, 0.25) is 5.91 Å². The molecule has 0 radical (unpaired) electrons. The van der Waals surface area contributed by atoms with E-state index in [1.165, 1.54) is 0 Å². The first-order valence-electron chi connectivity index (χ1n) is 6.40. The number of halogens is 1. The second-order valence-corrected chi connectivity index (χ2v) is 4.91. The molecule has 1 unspecified atom stereocenters. The molecule has 2 aromatic rings. The number of benzene rings is 2. The summed E-state index contributed by atoms with van der Waals surface area (Å²) in [5.74, 6) is -0.159. The van der Waals surface area contributed by atoms with Crippen molar-refractivity contribution in [1.29, 1.82) is 0 Å². The quantitative estimate of drug-likeness (QED) is 0.889. The van der Waals surface area contributed by atoms with Crippen LogP contribution in [0.15, 0.2) is 54.6 Å². The second-order valence-electron chi connectivity index (χ2n) is 4.50. The summed E-state index contributed by atoms with van der Waals surface area (Å²) in [6.45, 7) is 0.188. The van der Waals surface area contributed by atoms with E-state index in [-0.39, 0.29) is 18.9 Å². The van der Waals surface area contributed by atoms with Crippen molar-refractivity contribution >= 4 is 17.5 Å². The average molecular weight is 290 g/mol.